The molecule has 0 aliphatic carbocycles. The van der Waals surface area contributed by atoms with E-state index in [-0.39, 0.29) is 5.72 Å². The molecule has 3 nitrogen and oxygen atoms in total. The number of rotatable bonds is 2. The predicted octanol–water partition coefficient (Wildman–Crippen LogP) is 1.88. The molecule has 0 radical (unpaired) electrons. The Morgan fingerprint density at radius 3 is 2.53 bits per heavy atom. The molecule has 0 bridgehead atoms. The van der Waals surface area contributed by atoms with Crippen LogP contribution in [0.2, 0.25) is 0 Å². The highest BCUT2D eigenvalue weighted by Crippen LogP contribution is 2.28. The van der Waals surface area contributed by atoms with Crippen LogP contribution in [-0.2, 0) is 10.5 Å². The van der Waals surface area contributed by atoms with Gasteiger partial charge in [-0.3, -0.25) is 5.32 Å². The number of hydrogen-bond acceptors (Lipinski definition) is 3. The van der Waals surface area contributed by atoms with Crippen LogP contribution in [0.25, 0.3) is 0 Å². The summed E-state index contributed by atoms with van der Waals surface area (Å²) >= 11 is 0. The third-order valence-corrected chi connectivity index (χ3v) is 2.78. The molecule has 82 valence electrons. The molecule has 1 fully saturated rings. The van der Waals surface area contributed by atoms with E-state index in [1.165, 1.54) is 0 Å². The first kappa shape index (κ1) is 10.5. The standard InChI is InChI=1S/C12H17NO2/c1-9-8-15-12(2,13-9)10-4-6-11(14-3)7-5-10/h4-7,9,13H,8H2,1-3H3. The highest BCUT2D eigenvalue weighted by atomic mass is 16.5. The molecule has 1 aliphatic rings. The zero-order valence-corrected chi connectivity index (χ0v) is 9.41. The molecule has 0 aromatic heterocycles. The van der Waals surface area contributed by atoms with Crippen LogP contribution in [0.1, 0.15) is 19.4 Å². The molecule has 1 aliphatic heterocycles. The quantitative estimate of drug-likeness (QED) is 0.803. The summed E-state index contributed by atoms with van der Waals surface area (Å²) in [6, 6.07) is 8.37. The van der Waals surface area contributed by atoms with Gasteiger partial charge >= 0.3 is 0 Å². The van der Waals surface area contributed by atoms with Crippen LogP contribution in [0.15, 0.2) is 24.3 Å². The molecule has 0 saturated carbocycles. The lowest BCUT2D eigenvalue weighted by Crippen LogP contribution is -2.37. The first-order chi connectivity index (χ1) is 7.14. The minimum absolute atomic E-state index is 0.355. The number of benzene rings is 1. The second kappa shape index (κ2) is 3.83. The maximum Gasteiger partial charge on any atom is 0.142 e. The van der Waals surface area contributed by atoms with E-state index in [9.17, 15) is 0 Å². The number of hydrogen-bond donors (Lipinski definition) is 1. The fourth-order valence-electron chi connectivity index (χ4n) is 1.92. The van der Waals surface area contributed by atoms with E-state index in [1.807, 2.05) is 24.3 Å². The minimum atomic E-state index is -0.355. The third-order valence-electron chi connectivity index (χ3n) is 2.78. The first-order valence-electron chi connectivity index (χ1n) is 5.20. The van der Waals surface area contributed by atoms with Crippen molar-refractivity contribution in [3.63, 3.8) is 0 Å². The van der Waals surface area contributed by atoms with Crippen LogP contribution in [-0.4, -0.2) is 19.8 Å². The van der Waals surface area contributed by atoms with Crippen LogP contribution in [0.3, 0.4) is 0 Å². The zero-order valence-electron chi connectivity index (χ0n) is 9.41. The largest absolute Gasteiger partial charge is 0.497 e. The Morgan fingerprint density at radius 2 is 2.07 bits per heavy atom. The Morgan fingerprint density at radius 1 is 1.40 bits per heavy atom. The van der Waals surface area contributed by atoms with E-state index in [0.717, 1.165) is 17.9 Å². The van der Waals surface area contributed by atoms with Crippen LogP contribution in [0.4, 0.5) is 0 Å². The molecule has 3 heteroatoms. The van der Waals surface area contributed by atoms with Crippen LogP contribution in [0.5, 0.6) is 5.75 Å². The molecule has 0 amide bonds. The van der Waals surface area contributed by atoms with Gasteiger partial charge < -0.3 is 9.47 Å². The first-order valence-corrected chi connectivity index (χ1v) is 5.20. The van der Waals surface area contributed by atoms with E-state index in [4.69, 9.17) is 9.47 Å². The third kappa shape index (κ3) is 1.98. The Hall–Kier alpha value is -1.06. The van der Waals surface area contributed by atoms with Crippen molar-refractivity contribution in [1.29, 1.82) is 0 Å². The van der Waals surface area contributed by atoms with Crippen molar-refractivity contribution in [2.24, 2.45) is 0 Å². The highest BCUT2D eigenvalue weighted by Gasteiger charge is 2.34. The monoisotopic (exact) mass is 207 g/mol. The zero-order chi connectivity index (χ0) is 10.9. The van der Waals surface area contributed by atoms with Gasteiger partial charge in [0.05, 0.1) is 13.7 Å². The van der Waals surface area contributed by atoms with Gasteiger partial charge in [0.25, 0.3) is 0 Å². The second-order valence-electron chi connectivity index (χ2n) is 4.12. The molecule has 0 spiro atoms. The van der Waals surface area contributed by atoms with E-state index >= 15 is 0 Å². The molecule has 1 saturated heterocycles. The van der Waals surface area contributed by atoms with Crippen molar-refractivity contribution in [3.05, 3.63) is 29.8 Å². The second-order valence-corrected chi connectivity index (χ2v) is 4.12. The summed E-state index contributed by atoms with van der Waals surface area (Å²) in [4.78, 5) is 0. The van der Waals surface area contributed by atoms with Crippen molar-refractivity contribution >= 4 is 0 Å². The van der Waals surface area contributed by atoms with Gasteiger partial charge in [0.1, 0.15) is 11.5 Å². The summed E-state index contributed by atoms with van der Waals surface area (Å²) in [7, 11) is 1.67. The molecule has 1 N–H and O–H groups in total. The average molecular weight is 207 g/mol. The predicted molar refractivity (Wildman–Crippen MR) is 58.9 cm³/mol. The maximum atomic E-state index is 5.76. The molecule has 2 unspecified atom stereocenters. The summed E-state index contributed by atoms with van der Waals surface area (Å²) in [5.74, 6) is 0.869. The Labute approximate surface area is 90.4 Å². The molecule has 15 heavy (non-hydrogen) atoms. The van der Waals surface area contributed by atoms with Gasteiger partial charge in [-0.05, 0) is 31.5 Å². The topological polar surface area (TPSA) is 30.5 Å². The smallest absolute Gasteiger partial charge is 0.142 e. The van der Waals surface area contributed by atoms with Crippen LogP contribution < -0.4 is 10.1 Å². The van der Waals surface area contributed by atoms with E-state index in [0.29, 0.717) is 6.04 Å². The van der Waals surface area contributed by atoms with Crippen molar-refractivity contribution in [3.8, 4) is 5.75 Å². The Bertz CT molecular complexity index is 336. The molecule has 2 atom stereocenters. The summed E-state index contributed by atoms with van der Waals surface area (Å²) in [6.45, 7) is 4.93. The molecule has 1 aromatic carbocycles. The average Bonchev–Trinajstić information content (AvgIpc) is 2.60. The van der Waals surface area contributed by atoms with E-state index in [1.54, 1.807) is 7.11 Å². The van der Waals surface area contributed by atoms with Gasteiger partial charge in [0.15, 0.2) is 0 Å². The van der Waals surface area contributed by atoms with E-state index < -0.39 is 0 Å². The molecule has 2 rings (SSSR count). The molecule has 1 heterocycles. The Kier molecular flexibility index (Phi) is 2.67. The van der Waals surface area contributed by atoms with Gasteiger partial charge in [-0.15, -0.1) is 0 Å². The summed E-state index contributed by atoms with van der Waals surface area (Å²) in [6.07, 6.45) is 0. The molecular weight excluding hydrogens is 190 g/mol. The number of nitrogens with one attached hydrogen (secondary N) is 1. The number of methoxy groups -OCH3 is 1. The Balaban J connectivity index is 2.22. The van der Waals surface area contributed by atoms with Gasteiger partial charge in [0, 0.05) is 6.04 Å². The van der Waals surface area contributed by atoms with Crippen LogP contribution in [0, 0.1) is 0 Å². The highest BCUT2D eigenvalue weighted by molar-refractivity contribution is 5.30. The minimum Gasteiger partial charge on any atom is -0.497 e. The summed E-state index contributed by atoms with van der Waals surface area (Å²) in [5.41, 5.74) is 0.777. The normalized spacial score (nSPS) is 30.5. The van der Waals surface area contributed by atoms with Crippen molar-refractivity contribution in [2.45, 2.75) is 25.6 Å². The molecular formula is C12H17NO2. The van der Waals surface area contributed by atoms with E-state index in [2.05, 4.69) is 19.2 Å². The fourth-order valence-corrected chi connectivity index (χ4v) is 1.92. The van der Waals surface area contributed by atoms with Crippen molar-refractivity contribution in [1.82, 2.24) is 5.32 Å². The fraction of sp³-hybridized carbons (Fsp3) is 0.500. The maximum absolute atomic E-state index is 5.76. The SMILES string of the molecule is COc1ccc(C2(C)NC(C)CO2)cc1. The lowest BCUT2D eigenvalue weighted by molar-refractivity contribution is 0.00234. The van der Waals surface area contributed by atoms with Crippen molar-refractivity contribution in [2.75, 3.05) is 13.7 Å². The van der Waals surface area contributed by atoms with Crippen molar-refractivity contribution < 1.29 is 9.47 Å². The summed E-state index contributed by atoms with van der Waals surface area (Å²) < 4.78 is 10.9. The van der Waals surface area contributed by atoms with Gasteiger partial charge in [-0.2, -0.15) is 0 Å². The number of ether oxygens (including phenoxy) is 2. The lowest BCUT2D eigenvalue weighted by atomic mass is 10.0. The van der Waals surface area contributed by atoms with Gasteiger partial charge in [0.2, 0.25) is 0 Å². The van der Waals surface area contributed by atoms with Gasteiger partial charge in [-0.1, -0.05) is 12.1 Å². The lowest BCUT2D eigenvalue weighted by Gasteiger charge is -2.24. The summed E-state index contributed by atoms with van der Waals surface area (Å²) in [5, 5.41) is 3.42. The molecule has 1 aromatic rings. The van der Waals surface area contributed by atoms with Gasteiger partial charge in [-0.25, -0.2) is 0 Å². The van der Waals surface area contributed by atoms with Crippen LogP contribution >= 0.6 is 0 Å².